The first kappa shape index (κ1) is 24.1. The van der Waals surface area contributed by atoms with Crippen LogP contribution in [0.25, 0.3) is 0 Å². The number of benzene rings is 2. The predicted octanol–water partition coefficient (Wildman–Crippen LogP) is 3.87. The fraction of sp³-hybridized carbons (Fsp3) is 0.391. The predicted molar refractivity (Wildman–Crippen MR) is 132 cm³/mol. The minimum Gasteiger partial charge on any atom is -0.375 e. The fourth-order valence-electron chi connectivity index (χ4n) is 3.41. The van der Waals surface area contributed by atoms with Crippen molar-refractivity contribution in [2.24, 2.45) is 4.99 Å². The number of hydrogen-bond donors (Lipinski definition) is 2. The second-order valence-electron chi connectivity index (χ2n) is 7.03. The van der Waals surface area contributed by atoms with Crippen molar-refractivity contribution in [3.05, 3.63) is 65.7 Å². The molecule has 1 atom stereocenters. The van der Waals surface area contributed by atoms with Gasteiger partial charge in [-0.1, -0.05) is 42.5 Å². The van der Waals surface area contributed by atoms with Crippen LogP contribution < -0.4 is 15.5 Å². The average Bonchev–Trinajstić information content (AvgIpc) is 3.19. The molecule has 2 aromatic carbocycles. The Morgan fingerprint density at radius 1 is 1.13 bits per heavy atom. The standard InChI is InChI=1S/C23H30N4O2.HI/c1-3-24-23(26-17-21(29-2)19-8-5-4-6-9-19)25-16-18-11-13-20(14-12-18)27-15-7-10-22(27)28;/h4-6,8-9,11-14,21H,3,7,10,15-17H2,1-2H3,(H2,24,25,26);1H. The molecule has 1 heterocycles. The summed E-state index contributed by atoms with van der Waals surface area (Å²) in [7, 11) is 1.72. The van der Waals surface area contributed by atoms with E-state index in [0.717, 1.165) is 42.3 Å². The number of carbonyl (C=O) groups is 1. The maximum atomic E-state index is 11.9. The molecule has 0 bridgehead atoms. The summed E-state index contributed by atoms with van der Waals surface area (Å²) in [4.78, 5) is 18.4. The highest BCUT2D eigenvalue weighted by molar-refractivity contribution is 14.0. The van der Waals surface area contributed by atoms with E-state index in [1.165, 1.54) is 0 Å². The number of carbonyl (C=O) groups excluding carboxylic acids is 1. The highest BCUT2D eigenvalue weighted by atomic mass is 127. The van der Waals surface area contributed by atoms with Crippen LogP contribution in [0.15, 0.2) is 59.6 Å². The van der Waals surface area contributed by atoms with Crippen molar-refractivity contribution in [3.8, 4) is 0 Å². The van der Waals surface area contributed by atoms with Crippen LogP contribution in [0.4, 0.5) is 5.69 Å². The molecule has 6 nitrogen and oxygen atoms in total. The maximum Gasteiger partial charge on any atom is 0.227 e. The van der Waals surface area contributed by atoms with Gasteiger partial charge in [0.15, 0.2) is 5.96 Å². The molecule has 0 spiro atoms. The molecule has 1 aliphatic rings. The van der Waals surface area contributed by atoms with Crippen LogP contribution in [0.3, 0.4) is 0 Å². The van der Waals surface area contributed by atoms with Gasteiger partial charge in [-0.3, -0.25) is 4.79 Å². The van der Waals surface area contributed by atoms with Crippen LogP contribution in [0.2, 0.25) is 0 Å². The molecule has 1 fully saturated rings. The lowest BCUT2D eigenvalue weighted by atomic mass is 10.1. The monoisotopic (exact) mass is 522 g/mol. The first-order valence-corrected chi connectivity index (χ1v) is 10.2. The van der Waals surface area contributed by atoms with Crippen LogP contribution >= 0.6 is 24.0 Å². The molecule has 2 N–H and O–H groups in total. The third-order valence-electron chi connectivity index (χ3n) is 5.00. The van der Waals surface area contributed by atoms with E-state index in [0.29, 0.717) is 19.5 Å². The van der Waals surface area contributed by atoms with Crippen LogP contribution in [0.5, 0.6) is 0 Å². The van der Waals surface area contributed by atoms with Gasteiger partial charge in [0.1, 0.15) is 0 Å². The zero-order chi connectivity index (χ0) is 20.5. The van der Waals surface area contributed by atoms with E-state index in [2.05, 4.69) is 27.8 Å². The molecular formula is C23H31IN4O2. The van der Waals surface area contributed by atoms with Gasteiger partial charge in [-0.15, -0.1) is 24.0 Å². The molecule has 0 radical (unpaired) electrons. The van der Waals surface area contributed by atoms with E-state index < -0.39 is 0 Å². The third kappa shape index (κ3) is 6.70. The first-order valence-electron chi connectivity index (χ1n) is 10.2. The minimum atomic E-state index is -0.0441. The number of nitrogens with one attached hydrogen (secondary N) is 2. The zero-order valence-corrected chi connectivity index (χ0v) is 20.0. The molecule has 1 aliphatic heterocycles. The summed E-state index contributed by atoms with van der Waals surface area (Å²) in [5.74, 6) is 0.963. The van der Waals surface area contributed by atoms with Crippen molar-refractivity contribution < 1.29 is 9.53 Å². The van der Waals surface area contributed by atoms with Gasteiger partial charge in [0, 0.05) is 38.9 Å². The number of hydrogen-bond acceptors (Lipinski definition) is 3. The SMILES string of the molecule is CCNC(=NCc1ccc(N2CCCC2=O)cc1)NCC(OC)c1ccccc1.I. The number of guanidine groups is 1. The van der Waals surface area contributed by atoms with Crippen molar-refractivity contribution in [1.29, 1.82) is 0 Å². The molecule has 1 amide bonds. The van der Waals surface area contributed by atoms with E-state index in [1.54, 1.807) is 7.11 Å². The molecule has 0 saturated carbocycles. The lowest BCUT2D eigenvalue weighted by molar-refractivity contribution is -0.117. The highest BCUT2D eigenvalue weighted by Gasteiger charge is 2.21. The van der Waals surface area contributed by atoms with Crippen molar-refractivity contribution in [2.45, 2.75) is 32.4 Å². The largest absolute Gasteiger partial charge is 0.375 e. The summed E-state index contributed by atoms with van der Waals surface area (Å²) in [5, 5.41) is 6.64. The van der Waals surface area contributed by atoms with Crippen molar-refractivity contribution in [2.75, 3.05) is 31.6 Å². The molecule has 162 valence electrons. The molecule has 0 aromatic heterocycles. The number of amides is 1. The van der Waals surface area contributed by atoms with Gasteiger partial charge in [-0.05, 0) is 36.6 Å². The van der Waals surface area contributed by atoms with Gasteiger partial charge in [0.2, 0.25) is 5.91 Å². The Bertz CT molecular complexity index is 812. The second-order valence-corrected chi connectivity index (χ2v) is 7.03. The summed E-state index contributed by atoms with van der Waals surface area (Å²) in [6.07, 6.45) is 1.54. The first-order chi connectivity index (χ1) is 14.2. The number of ether oxygens (including phenoxy) is 1. The van der Waals surface area contributed by atoms with Gasteiger partial charge in [-0.2, -0.15) is 0 Å². The van der Waals surface area contributed by atoms with Crippen molar-refractivity contribution in [3.63, 3.8) is 0 Å². The number of anilines is 1. The fourth-order valence-corrected chi connectivity index (χ4v) is 3.41. The highest BCUT2D eigenvalue weighted by Crippen LogP contribution is 2.21. The van der Waals surface area contributed by atoms with Crippen molar-refractivity contribution >= 4 is 41.5 Å². The number of aliphatic imine (C=N–C) groups is 1. The Kier molecular flexibility index (Phi) is 10.1. The van der Waals surface area contributed by atoms with Gasteiger partial charge in [0.05, 0.1) is 12.6 Å². The van der Waals surface area contributed by atoms with Crippen LogP contribution in [-0.4, -0.2) is 38.6 Å². The molecule has 1 saturated heterocycles. The summed E-state index contributed by atoms with van der Waals surface area (Å²) in [6.45, 7) is 4.83. The van der Waals surface area contributed by atoms with Gasteiger partial charge >= 0.3 is 0 Å². The summed E-state index contributed by atoms with van der Waals surface area (Å²) < 4.78 is 5.62. The summed E-state index contributed by atoms with van der Waals surface area (Å²) in [5.41, 5.74) is 3.20. The molecule has 0 aliphatic carbocycles. The Morgan fingerprint density at radius 2 is 1.87 bits per heavy atom. The normalized spacial score (nSPS) is 14.9. The molecule has 7 heteroatoms. The zero-order valence-electron chi connectivity index (χ0n) is 17.6. The van der Waals surface area contributed by atoms with Crippen molar-refractivity contribution in [1.82, 2.24) is 10.6 Å². The van der Waals surface area contributed by atoms with Crippen LogP contribution in [0, 0.1) is 0 Å². The molecule has 2 aromatic rings. The van der Waals surface area contributed by atoms with Crippen LogP contribution in [0.1, 0.15) is 37.0 Å². The second kappa shape index (κ2) is 12.5. The summed E-state index contributed by atoms with van der Waals surface area (Å²) >= 11 is 0. The van der Waals surface area contributed by atoms with E-state index in [1.807, 2.05) is 54.3 Å². The Hall–Kier alpha value is -2.13. The van der Waals surface area contributed by atoms with E-state index in [-0.39, 0.29) is 36.0 Å². The number of methoxy groups -OCH3 is 1. The Balaban J connectivity index is 0.00000320. The maximum absolute atomic E-state index is 11.9. The van der Waals surface area contributed by atoms with E-state index in [4.69, 9.17) is 4.74 Å². The minimum absolute atomic E-state index is 0. The molecule has 30 heavy (non-hydrogen) atoms. The molecule has 3 rings (SSSR count). The van der Waals surface area contributed by atoms with E-state index >= 15 is 0 Å². The quantitative estimate of drug-likeness (QED) is 0.314. The average molecular weight is 522 g/mol. The lowest BCUT2D eigenvalue weighted by Gasteiger charge is -2.19. The van der Waals surface area contributed by atoms with Gasteiger partial charge in [-0.25, -0.2) is 4.99 Å². The van der Waals surface area contributed by atoms with Gasteiger partial charge in [0.25, 0.3) is 0 Å². The number of rotatable bonds is 8. The van der Waals surface area contributed by atoms with Crippen LogP contribution in [-0.2, 0) is 16.1 Å². The Labute approximate surface area is 196 Å². The third-order valence-corrected chi connectivity index (χ3v) is 5.00. The topological polar surface area (TPSA) is 66.0 Å². The summed E-state index contributed by atoms with van der Waals surface area (Å²) in [6, 6.07) is 18.2. The molecular weight excluding hydrogens is 491 g/mol. The smallest absolute Gasteiger partial charge is 0.227 e. The molecule has 1 unspecified atom stereocenters. The number of halogens is 1. The Morgan fingerprint density at radius 3 is 2.47 bits per heavy atom. The van der Waals surface area contributed by atoms with E-state index in [9.17, 15) is 4.79 Å². The number of nitrogens with zero attached hydrogens (tertiary/aromatic N) is 2. The van der Waals surface area contributed by atoms with Gasteiger partial charge < -0.3 is 20.3 Å². The lowest BCUT2D eigenvalue weighted by Crippen LogP contribution is -2.39.